The second-order valence-electron chi connectivity index (χ2n) is 5.13. The van der Waals surface area contributed by atoms with Crippen molar-refractivity contribution in [1.82, 2.24) is 0 Å². The predicted molar refractivity (Wildman–Crippen MR) is 52.8 cm³/mol. The first-order valence-corrected chi connectivity index (χ1v) is 4.83. The van der Waals surface area contributed by atoms with Crippen molar-refractivity contribution in [2.45, 2.75) is 27.2 Å². The highest BCUT2D eigenvalue weighted by molar-refractivity contribution is 5.26. The van der Waals surface area contributed by atoms with Gasteiger partial charge in [0.25, 0.3) is 0 Å². The first kappa shape index (κ1) is 8.10. The summed E-state index contributed by atoms with van der Waals surface area (Å²) in [6, 6.07) is 0. The van der Waals surface area contributed by atoms with E-state index in [1.165, 1.54) is 6.42 Å². The molecule has 0 saturated heterocycles. The van der Waals surface area contributed by atoms with Gasteiger partial charge in [0, 0.05) is 0 Å². The summed E-state index contributed by atoms with van der Waals surface area (Å²) in [6.45, 7) is 11.1. The van der Waals surface area contributed by atoms with Crippen LogP contribution in [0.2, 0.25) is 0 Å². The zero-order valence-electron chi connectivity index (χ0n) is 8.30. The van der Waals surface area contributed by atoms with E-state index in [4.69, 9.17) is 0 Å². The van der Waals surface area contributed by atoms with Crippen molar-refractivity contribution >= 4 is 0 Å². The Hall–Kier alpha value is -0.520. The maximum atomic E-state index is 3.92. The molecule has 3 unspecified atom stereocenters. The Morgan fingerprint density at radius 2 is 2.08 bits per heavy atom. The van der Waals surface area contributed by atoms with E-state index in [-0.39, 0.29) is 0 Å². The van der Waals surface area contributed by atoms with Gasteiger partial charge in [0.2, 0.25) is 0 Å². The van der Waals surface area contributed by atoms with Gasteiger partial charge in [-0.1, -0.05) is 39.0 Å². The van der Waals surface area contributed by atoms with Crippen molar-refractivity contribution in [3.63, 3.8) is 0 Å². The van der Waals surface area contributed by atoms with Crippen LogP contribution in [0.3, 0.4) is 0 Å². The number of hydrogen-bond acceptors (Lipinski definition) is 0. The average molecular weight is 162 g/mol. The van der Waals surface area contributed by atoms with Gasteiger partial charge < -0.3 is 0 Å². The van der Waals surface area contributed by atoms with Crippen LogP contribution in [0, 0.1) is 22.7 Å². The first-order valence-electron chi connectivity index (χ1n) is 4.83. The molecule has 1 fully saturated rings. The maximum absolute atomic E-state index is 3.92. The van der Waals surface area contributed by atoms with E-state index in [0.717, 1.165) is 11.8 Å². The van der Waals surface area contributed by atoms with Crippen molar-refractivity contribution in [3.05, 3.63) is 24.8 Å². The Kier molecular flexibility index (Phi) is 1.38. The predicted octanol–water partition coefficient (Wildman–Crippen LogP) is 3.41. The summed E-state index contributed by atoms with van der Waals surface area (Å²) in [5.41, 5.74) is 0.877. The van der Waals surface area contributed by atoms with Crippen LogP contribution in [0.1, 0.15) is 27.2 Å². The molecule has 0 nitrogen and oxygen atoms in total. The van der Waals surface area contributed by atoms with Crippen molar-refractivity contribution < 1.29 is 0 Å². The highest BCUT2D eigenvalue weighted by Gasteiger charge is 2.56. The van der Waals surface area contributed by atoms with Gasteiger partial charge in [-0.05, 0) is 29.1 Å². The third-order valence-electron chi connectivity index (χ3n) is 4.40. The van der Waals surface area contributed by atoms with Gasteiger partial charge in [0.1, 0.15) is 0 Å². The van der Waals surface area contributed by atoms with Crippen molar-refractivity contribution in [2.75, 3.05) is 0 Å². The zero-order valence-corrected chi connectivity index (χ0v) is 8.30. The number of allylic oxidation sites excluding steroid dienone is 3. The minimum atomic E-state index is 0.427. The summed E-state index contributed by atoms with van der Waals surface area (Å²) in [6.07, 6.45) is 8.25. The Morgan fingerprint density at radius 1 is 1.42 bits per heavy atom. The van der Waals surface area contributed by atoms with Gasteiger partial charge in [0.15, 0.2) is 0 Å². The van der Waals surface area contributed by atoms with Crippen LogP contribution < -0.4 is 0 Å². The summed E-state index contributed by atoms with van der Waals surface area (Å²) < 4.78 is 0. The summed E-state index contributed by atoms with van der Waals surface area (Å²) >= 11 is 0. The van der Waals surface area contributed by atoms with Crippen LogP contribution in [0.5, 0.6) is 0 Å². The Morgan fingerprint density at radius 3 is 2.33 bits per heavy atom. The molecule has 66 valence electrons. The largest absolute Gasteiger partial charge is 0.103 e. The fourth-order valence-electron chi connectivity index (χ4n) is 3.01. The summed E-state index contributed by atoms with van der Waals surface area (Å²) in [5.74, 6) is 1.45. The standard InChI is InChI=1S/C12H18/c1-5-9-8-12(4)7-6-10(9)11(12,2)3/h5-7,9-10H,1,8H2,2-4H3. The molecule has 0 aromatic rings. The van der Waals surface area contributed by atoms with E-state index in [9.17, 15) is 0 Å². The molecule has 0 aliphatic heterocycles. The molecule has 0 N–H and O–H groups in total. The van der Waals surface area contributed by atoms with Gasteiger partial charge in [-0.3, -0.25) is 0 Å². The minimum Gasteiger partial charge on any atom is -0.103 e. The molecule has 0 amide bonds. The van der Waals surface area contributed by atoms with Crippen LogP contribution in [0.15, 0.2) is 24.8 Å². The lowest BCUT2D eigenvalue weighted by molar-refractivity contribution is 0.180. The van der Waals surface area contributed by atoms with E-state index >= 15 is 0 Å². The first-order chi connectivity index (χ1) is 5.51. The SMILES string of the molecule is C=CC1CC2(C)C=CC1C2(C)C. The van der Waals surface area contributed by atoms with Gasteiger partial charge in [0.05, 0.1) is 0 Å². The molecule has 3 atom stereocenters. The van der Waals surface area contributed by atoms with Crippen LogP contribution in [-0.2, 0) is 0 Å². The zero-order chi connectivity index (χ0) is 8.98. The minimum absolute atomic E-state index is 0.427. The molecule has 2 rings (SSSR count). The molecule has 2 aliphatic rings. The van der Waals surface area contributed by atoms with Crippen LogP contribution in [-0.4, -0.2) is 0 Å². The van der Waals surface area contributed by atoms with Gasteiger partial charge in [-0.15, -0.1) is 6.58 Å². The smallest absolute Gasteiger partial charge is 0.00836 e. The molecule has 0 aromatic carbocycles. The molecule has 1 saturated carbocycles. The molecule has 0 heteroatoms. The fourth-order valence-corrected chi connectivity index (χ4v) is 3.01. The second kappa shape index (κ2) is 2.04. The van der Waals surface area contributed by atoms with Crippen molar-refractivity contribution in [1.29, 1.82) is 0 Å². The average Bonchev–Trinajstić information content (AvgIpc) is 2.33. The molecule has 0 aromatic heterocycles. The highest BCUT2D eigenvalue weighted by Crippen LogP contribution is 2.64. The molecule has 2 aliphatic carbocycles. The molecular weight excluding hydrogens is 144 g/mol. The Balaban J connectivity index is 2.42. The summed E-state index contributed by atoms with van der Waals surface area (Å²) in [4.78, 5) is 0. The fraction of sp³-hybridized carbons (Fsp3) is 0.667. The lowest BCUT2D eigenvalue weighted by atomic mass is 9.70. The topological polar surface area (TPSA) is 0 Å². The molecule has 0 radical (unpaired) electrons. The third-order valence-corrected chi connectivity index (χ3v) is 4.40. The monoisotopic (exact) mass is 162 g/mol. The van der Waals surface area contributed by atoms with Crippen molar-refractivity contribution in [3.8, 4) is 0 Å². The molecule has 2 bridgehead atoms. The Labute approximate surface area is 75.4 Å². The normalized spacial score (nSPS) is 48.2. The van der Waals surface area contributed by atoms with Gasteiger partial charge in [-0.25, -0.2) is 0 Å². The lowest BCUT2D eigenvalue weighted by Gasteiger charge is -2.33. The maximum Gasteiger partial charge on any atom is -0.00836 e. The molecule has 12 heavy (non-hydrogen) atoms. The lowest BCUT2D eigenvalue weighted by Crippen LogP contribution is -2.27. The molecular formula is C12H18. The van der Waals surface area contributed by atoms with Crippen LogP contribution in [0.4, 0.5) is 0 Å². The summed E-state index contributed by atoms with van der Waals surface area (Å²) in [7, 11) is 0. The summed E-state index contributed by atoms with van der Waals surface area (Å²) in [5, 5.41) is 0. The van der Waals surface area contributed by atoms with E-state index in [1.54, 1.807) is 0 Å². The van der Waals surface area contributed by atoms with Gasteiger partial charge >= 0.3 is 0 Å². The van der Waals surface area contributed by atoms with Gasteiger partial charge in [-0.2, -0.15) is 0 Å². The van der Waals surface area contributed by atoms with E-state index < -0.39 is 0 Å². The van der Waals surface area contributed by atoms with E-state index in [2.05, 4.69) is 45.6 Å². The number of fused-ring (bicyclic) bond motifs is 2. The van der Waals surface area contributed by atoms with Crippen LogP contribution >= 0.6 is 0 Å². The number of rotatable bonds is 1. The molecule has 0 heterocycles. The third kappa shape index (κ3) is 0.688. The van der Waals surface area contributed by atoms with E-state index in [0.29, 0.717) is 10.8 Å². The Bertz CT molecular complexity index is 247. The highest BCUT2D eigenvalue weighted by atomic mass is 14.6. The molecule has 0 spiro atoms. The second-order valence-corrected chi connectivity index (χ2v) is 5.13. The number of hydrogen-bond donors (Lipinski definition) is 0. The van der Waals surface area contributed by atoms with Crippen LogP contribution in [0.25, 0.3) is 0 Å². The van der Waals surface area contributed by atoms with Crippen molar-refractivity contribution in [2.24, 2.45) is 22.7 Å². The van der Waals surface area contributed by atoms with E-state index in [1.807, 2.05) is 0 Å². The quantitative estimate of drug-likeness (QED) is 0.518.